The second kappa shape index (κ2) is 12.7. The van der Waals surface area contributed by atoms with Crippen LogP contribution in [0.15, 0.2) is 48.5 Å². The van der Waals surface area contributed by atoms with Gasteiger partial charge in [-0.05, 0) is 99.8 Å². The van der Waals surface area contributed by atoms with Crippen LogP contribution in [0.5, 0.6) is 0 Å². The van der Waals surface area contributed by atoms with E-state index < -0.39 is 0 Å². The van der Waals surface area contributed by atoms with Crippen molar-refractivity contribution in [3.05, 3.63) is 71.0 Å². The van der Waals surface area contributed by atoms with Crippen LogP contribution in [0, 0.1) is 18.7 Å². The maximum Gasteiger partial charge on any atom is 0.123 e. The number of benzene rings is 2. The summed E-state index contributed by atoms with van der Waals surface area (Å²) in [5.41, 5.74) is 4.16. The first kappa shape index (κ1) is 22.6. The summed E-state index contributed by atoms with van der Waals surface area (Å²) in [5, 5.41) is 0. The summed E-state index contributed by atoms with van der Waals surface area (Å²) in [5.74, 6) is 0.779. The Morgan fingerprint density at radius 1 is 0.929 bits per heavy atom. The van der Waals surface area contributed by atoms with Gasteiger partial charge in [-0.3, -0.25) is 0 Å². The first-order valence-corrected chi connectivity index (χ1v) is 11.1. The molecular formula is C26H38FN. The van der Waals surface area contributed by atoms with Crippen LogP contribution in [-0.2, 0) is 12.8 Å². The van der Waals surface area contributed by atoms with Gasteiger partial charge in [0.2, 0.25) is 0 Å². The molecule has 1 saturated heterocycles. The standard InChI is InChI=1S/C16H24FN.C10H14/c1-14-9-12-18(13-10-14)11-3-2-4-15-5-7-16(17)8-6-15;1-3-6-10-8-5-4-7-9(10)2/h5-8,14H,2-4,9-13H2,1H3;4-5,7-8H,3,6H2,1-2H3. The maximum atomic E-state index is 12.7. The molecule has 2 aromatic rings. The van der Waals surface area contributed by atoms with E-state index in [4.69, 9.17) is 0 Å². The normalized spacial score (nSPS) is 15.1. The molecule has 2 aromatic carbocycles. The molecule has 1 fully saturated rings. The molecule has 1 aliphatic heterocycles. The van der Waals surface area contributed by atoms with E-state index >= 15 is 0 Å². The topological polar surface area (TPSA) is 3.24 Å². The van der Waals surface area contributed by atoms with E-state index in [1.807, 2.05) is 12.1 Å². The molecule has 0 saturated carbocycles. The fraction of sp³-hybridized carbons (Fsp3) is 0.538. The van der Waals surface area contributed by atoms with Gasteiger partial charge in [-0.1, -0.05) is 56.7 Å². The number of hydrogen-bond acceptors (Lipinski definition) is 1. The average molecular weight is 384 g/mol. The molecule has 0 radical (unpaired) electrons. The highest BCUT2D eigenvalue weighted by Crippen LogP contribution is 2.16. The lowest BCUT2D eigenvalue weighted by Crippen LogP contribution is -2.33. The van der Waals surface area contributed by atoms with E-state index in [2.05, 4.69) is 49.9 Å². The lowest BCUT2D eigenvalue weighted by Gasteiger charge is -2.30. The number of piperidine rings is 1. The third-order valence-corrected chi connectivity index (χ3v) is 5.76. The van der Waals surface area contributed by atoms with E-state index in [0.717, 1.165) is 12.3 Å². The van der Waals surface area contributed by atoms with Gasteiger partial charge < -0.3 is 4.90 Å². The van der Waals surface area contributed by atoms with Gasteiger partial charge in [0.1, 0.15) is 5.82 Å². The Labute approximate surface area is 172 Å². The summed E-state index contributed by atoms with van der Waals surface area (Å²) < 4.78 is 12.7. The third-order valence-electron chi connectivity index (χ3n) is 5.76. The van der Waals surface area contributed by atoms with Crippen molar-refractivity contribution in [2.45, 2.75) is 65.7 Å². The molecule has 0 aromatic heterocycles. The van der Waals surface area contributed by atoms with E-state index in [0.29, 0.717) is 0 Å². The van der Waals surface area contributed by atoms with Gasteiger partial charge in [-0.2, -0.15) is 0 Å². The van der Waals surface area contributed by atoms with Crippen LogP contribution < -0.4 is 0 Å². The highest BCUT2D eigenvalue weighted by atomic mass is 19.1. The molecular weight excluding hydrogens is 345 g/mol. The van der Waals surface area contributed by atoms with Gasteiger partial charge >= 0.3 is 0 Å². The molecule has 0 bridgehead atoms. The predicted molar refractivity (Wildman–Crippen MR) is 119 cm³/mol. The van der Waals surface area contributed by atoms with Crippen molar-refractivity contribution < 1.29 is 4.39 Å². The Bertz CT molecular complexity index is 656. The molecule has 1 aliphatic rings. The minimum Gasteiger partial charge on any atom is -0.303 e. The molecule has 0 unspecified atom stereocenters. The molecule has 1 nitrogen and oxygen atoms in total. The van der Waals surface area contributed by atoms with Crippen LogP contribution >= 0.6 is 0 Å². The van der Waals surface area contributed by atoms with Gasteiger partial charge in [0.05, 0.1) is 0 Å². The summed E-state index contributed by atoms with van der Waals surface area (Å²) in [4.78, 5) is 2.59. The van der Waals surface area contributed by atoms with Gasteiger partial charge in [-0.25, -0.2) is 4.39 Å². The number of hydrogen-bond donors (Lipinski definition) is 0. The molecule has 2 heteroatoms. The maximum absolute atomic E-state index is 12.7. The van der Waals surface area contributed by atoms with Gasteiger partial charge in [0, 0.05) is 0 Å². The largest absolute Gasteiger partial charge is 0.303 e. The van der Waals surface area contributed by atoms with Crippen molar-refractivity contribution in [3.8, 4) is 0 Å². The molecule has 28 heavy (non-hydrogen) atoms. The van der Waals surface area contributed by atoms with E-state index in [1.165, 1.54) is 74.8 Å². The molecule has 0 amide bonds. The van der Waals surface area contributed by atoms with Crippen LogP contribution in [0.1, 0.15) is 62.6 Å². The average Bonchev–Trinajstić information content (AvgIpc) is 2.70. The van der Waals surface area contributed by atoms with Crippen molar-refractivity contribution in [2.75, 3.05) is 19.6 Å². The summed E-state index contributed by atoms with van der Waals surface area (Å²) in [6, 6.07) is 15.5. The summed E-state index contributed by atoms with van der Waals surface area (Å²) >= 11 is 0. The Morgan fingerprint density at radius 3 is 2.25 bits per heavy atom. The number of nitrogens with zero attached hydrogens (tertiary/aromatic N) is 1. The minimum atomic E-state index is -0.138. The molecule has 0 spiro atoms. The first-order chi connectivity index (χ1) is 13.6. The zero-order valence-electron chi connectivity index (χ0n) is 18.1. The molecule has 3 rings (SSSR count). The van der Waals surface area contributed by atoms with Crippen molar-refractivity contribution in [1.29, 1.82) is 0 Å². The Kier molecular flexibility index (Phi) is 10.3. The molecule has 0 aliphatic carbocycles. The van der Waals surface area contributed by atoms with Crippen molar-refractivity contribution in [2.24, 2.45) is 5.92 Å². The molecule has 1 heterocycles. The third kappa shape index (κ3) is 8.56. The second-order valence-electron chi connectivity index (χ2n) is 8.28. The van der Waals surface area contributed by atoms with E-state index in [9.17, 15) is 4.39 Å². The number of unbranched alkanes of at least 4 members (excludes halogenated alkanes) is 1. The minimum absolute atomic E-state index is 0.138. The van der Waals surface area contributed by atoms with Crippen LogP contribution in [-0.4, -0.2) is 24.5 Å². The van der Waals surface area contributed by atoms with Gasteiger partial charge in [0.25, 0.3) is 0 Å². The Morgan fingerprint density at radius 2 is 1.61 bits per heavy atom. The number of rotatable bonds is 7. The lowest BCUT2D eigenvalue weighted by molar-refractivity contribution is 0.189. The predicted octanol–water partition coefficient (Wildman–Crippen LogP) is 6.83. The quantitative estimate of drug-likeness (QED) is 0.474. The van der Waals surface area contributed by atoms with Crippen molar-refractivity contribution in [1.82, 2.24) is 4.90 Å². The zero-order chi connectivity index (χ0) is 20.2. The zero-order valence-corrected chi connectivity index (χ0v) is 18.1. The second-order valence-corrected chi connectivity index (χ2v) is 8.28. The number of halogens is 1. The van der Waals surface area contributed by atoms with Gasteiger partial charge in [0.15, 0.2) is 0 Å². The summed E-state index contributed by atoms with van der Waals surface area (Å²) in [6.07, 6.45) is 8.71. The summed E-state index contributed by atoms with van der Waals surface area (Å²) in [6.45, 7) is 10.5. The first-order valence-electron chi connectivity index (χ1n) is 11.1. The Hall–Kier alpha value is -1.67. The lowest BCUT2D eigenvalue weighted by atomic mass is 9.99. The molecule has 0 N–H and O–H groups in total. The van der Waals surface area contributed by atoms with Crippen LogP contribution in [0.4, 0.5) is 4.39 Å². The van der Waals surface area contributed by atoms with Crippen LogP contribution in [0.2, 0.25) is 0 Å². The fourth-order valence-electron chi connectivity index (χ4n) is 3.76. The van der Waals surface area contributed by atoms with E-state index in [1.54, 1.807) is 12.1 Å². The SMILES string of the molecule is CC1CCN(CCCCc2ccc(F)cc2)CC1.CCCc1ccccc1C. The highest BCUT2D eigenvalue weighted by molar-refractivity contribution is 5.25. The monoisotopic (exact) mass is 383 g/mol. The van der Waals surface area contributed by atoms with Gasteiger partial charge in [-0.15, -0.1) is 0 Å². The summed E-state index contributed by atoms with van der Waals surface area (Å²) in [7, 11) is 0. The van der Waals surface area contributed by atoms with E-state index in [-0.39, 0.29) is 5.82 Å². The smallest absolute Gasteiger partial charge is 0.123 e. The van der Waals surface area contributed by atoms with Crippen molar-refractivity contribution in [3.63, 3.8) is 0 Å². The fourth-order valence-corrected chi connectivity index (χ4v) is 3.76. The molecule has 154 valence electrons. The van der Waals surface area contributed by atoms with Crippen molar-refractivity contribution >= 4 is 0 Å². The highest BCUT2D eigenvalue weighted by Gasteiger charge is 2.14. The molecule has 0 atom stereocenters. The number of aryl methyl sites for hydroxylation is 3. The Balaban J connectivity index is 0.000000237. The number of likely N-dealkylation sites (tertiary alicyclic amines) is 1. The van der Waals surface area contributed by atoms with Crippen LogP contribution in [0.3, 0.4) is 0 Å². The van der Waals surface area contributed by atoms with Crippen LogP contribution in [0.25, 0.3) is 0 Å².